The summed E-state index contributed by atoms with van der Waals surface area (Å²) in [7, 11) is 0. The van der Waals surface area contributed by atoms with Crippen LogP contribution in [0.3, 0.4) is 0 Å². The number of thioether (sulfide) groups is 1. The molecule has 0 unspecified atom stereocenters. The molecule has 0 bridgehead atoms. The number of rotatable bonds is 6. The van der Waals surface area contributed by atoms with Crippen LogP contribution in [0.4, 0.5) is 0 Å². The minimum atomic E-state index is -0.379. The third-order valence-corrected chi connectivity index (χ3v) is 5.60. The molecule has 1 atom stereocenters. The molecule has 1 N–H and O–H groups in total. The number of aromatic nitrogens is 1. The lowest BCUT2D eigenvalue weighted by molar-refractivity contribution is -0.119. The van der Waals surface area contributed by atoms with Crippen LogP contribution in [0.1, 0.15) is 17.4 Å². The predicted molar refractivity (Wildman–Crippen MR) is 117 cm³/mol. The summed E-state index contributed by atoms with van der Waals surface area (Å²) in [6, 6.07) is 26.8. The molecule has 0 fully saturated rings. The first-order valence-electron chi connectivity index (χ1n) is 9.57. The summed E-state index contributed by atoms with van der Waals surface area (Å²) in [5.41, 5.74) is 3.25. The van der Waals surface area contributed by atoms with Crippen molar-refractivity contribution in [1.29, 1.82) is 0 Å². The Kier molecular flexibility index (Phi) is 4.99. The summed E-state index contributed by atoms with van der Waals surface area (Å²) >= 11 is 1.27. The molecule has 30 heavy (non-hydrogen) atoms. The first-order valence-corrected chi connectivity index (χ1v) is 10.6. The smallest absolute Gasteiger partial charge is 0.257 e. The monoisotopic (exact) mass is 414 g/mol. The lowest BCUT2D eigenvalue weighted by atomic mass is 10.0. The van der Waals surface area contributed by atoms with E-state index in [0.29, 0.717) is 16.6 Å². The lowest BCUT2D eigenvalue weighted by Crippen LogP contribution is -2.30. The van der Waals surface area contributed by atoms with Crippen molar-refractivity contribution in [3.8, 4) is 0 Å². The van der Waals surface area contributed by atoms with Gasteiger partial charge in [-0.1, -0.05) is 72.4 Å². The highest BCUT2D eigenvalue weighted by Gasteiger charge is 2.21. The first-order chi connectivity index (χ1) is 14.8. The maximum atomic E-state index is 12.8. The number of benzene rings is 3. The zero-order valence-corrected chi connectivity index (χ0v) is 16.8. The number of hydrogen-bond acceptors (Lipinski definition) is 5. The molecule has 5 rings (SSSR count). The molecule has 0 radical (unpaired) electrons. The van der Waals surface area contributed by atoms with E-state index in [1.54, 1.807) is 0 Å². The molecular formula is C24H18N2O3S. The van der Waals surface area contributed by atoms with Gasteiger partial charge in [0.2, 0.25) is 5.91 Å². The molecule has 2 heterocycles. The molecule has 0 aliphatic heterocycles. The van der Waals surface area contributed by atoms with Crippen LogP contribution in [0.15, 0.2) is 99.0 Å². The zero-order chi connectivity index (χ0) is 20.3. The van der Waals surface area contributed by atoms with Crippen LogP contribution >= 0.6 is 11.8 Å². The van der Waals surface area contributed by atoms with E-state index in [1.165, 1.54) is 11.8 Å². The second kappa shape index (κ2) is 8.08. The van der Waals surface area contributed by atoms with Gasteiger partial charge in [0.15, 0.2) is 5.58 Å². The fourth-order valence-corrected chi connectivity index (χ4v) is 4.00. The predicted octanol–water partition coefficient (Wildman–Crippen LogP) is 5.57. The van der Waals surface area contributed by atoms with Crippen molar-refractivity contribution in [3.05, 3.63) is 96.3 Å². The number of carbonyl (C=O) groups is 1. The van der Waals surface area contributed by atoms with Crippen LogP contribution in [0.2, 0.25) is 0 Å². The summed E-state index contributed by atoms with van der Waals surface area (Å²) in [6.07, 6.45) is 0. The quantitative estimate of drug-likeness (QED) is 0.368. The number of amides is 1. The minimum absolute atomic E-state index is 0.128. The molecule has 0 aliphatic rings. The Labute approximate surface area is 177 Å². The number of para-hydroxylation sites is 3. The van der Waals surface area contributed by atoms with Gasteiger partial charge in [-0.05, 0) is 29.8 Å². The average Bonchev–Trinajstić information content (AvgIpc) is 3.40. The van der Waals surface area contributed by atoms with Crippen molar-refractivity contribution in [2.45, 2.75) is 11.3 Å². The molecule has 6 heteroatoms. The van der Waals surface area contributed by atoms with E-state index in [1.807, 2.05) is 84.9 Å². The van der Waals surface area contributed by atoms with Crippen LogP contribution in [-0.2, 0) is 4.79 Å². The molecule has 5 nitrogen and oxygen atoms in total. The van der Waals surface area contributed by atoms with Crippen LogP contribution in [0.25, 0.3) is 22.1 Å². The molecule has 5 aromatic rings. The summed E-state index contributed by atoms with van der Waals surface area (Å²) in [5, 5.41) is 4.57. The van der Waals surface area contributed by atoms with Gasteiger partial charge in [0.1, 0.15) is 22.9 Å². The van der Waals surface area contributed by atoms with Crippen molar-refractivity contribution < 1.29 is 13.6 Å². The highest BCUT2D eigenvalue weighted by molar-refractivity contribution is 7.99. The summed E-state index contributed by atoms with van der Waals surface area (Å²) < 4.78 is 11.7. The molecule has 0 saturated carbocycles. The number of fused-ring (bicyclic) bond motifs is 2. The first kappa shape index (κ1) is 18.5. The van der Waals surface area contributed by atoms with E-state index in [0.717, 1.165) is 22.0 Å². The van der Waals surface area contributed by atoms with Crippen LogP contribution in [0.5, 0.6) is 0 Å². The Morgan fingerprint density at radius 2 is 1.63 bits per heavy atom. The van der Waals surface area contributed by atoms with Gasteiger partial charge in [-0.3, -0.25) is 4.79 Å². The van der Waals surface area contributed by atoms with E-state index in [-0.39, 0.29) is 17.7 Å². The Morgan fingerprint density at radius 1 is 0.900 bits per heavy atom. The van der Waals surface area contributed by atoms with Crippen LogP contribution in [-0.4, -0.2) is 16.6 Å². The van der Waals surface area contributed by atoms with Crippen molar-refractivity contribution >= 4 is 39.7 Å². The lowest BCUT2D eigenvalue weighted by Gasteiger charge is -2.17. The average molecular weight is 414 g/mol. The van der Waals surface area contributed by atoms with E-state index in [2.05, 4.69) is 10.3 Å². The summed E-state index contributed by atoms with van der Waals surface area (Å²) in [6.45, 7) is 0. The number of carbonyl (C=O) groups excluding carboxylic acids is 1. The van der Waals surface area contributed by atoms with Crippen LogP contribution < -0.4 is 5.32 Å². The van der Waals surface area contributed by atoms with Gasteiger partial charge in [-0.15, -0.1) is 0 Å². The van der Waals surface area contributed by atoms with Gasteiger partial charge >= 0.3 is 0 Å². The maximum Gasteiger partial charge on any atom is 0.257 e. The Bertz CT molecular complexity index is 1240. The van der Waals surface area contributed by atoms with Gasteiger partial charge in [0.05, 0.1) is 5.75 Å². The minimum Gasteiger partial charge on any atom is -0.459 e. The SMILES string of the molecule is O=C(CSc1nc2ccccc2o1)N[C@H](c1ccccc1)c1cc2ccccc2o1. The maximum absolute atomic E-state index is 12.8. The Balaban J connectivity index is 1.35. The van der Waals surface area contributed by atoms with E-state index < -0.39 is 0 Å². The summed E-state index contributed by atoms with van der Waals surface area (Å²) in [5.74, 6) is 0.760. The molecule has 1 amide bonds. The molecule has 0 saturated heterocycles. The molecule has 0 spiro atoms. The molecule has 3 aromatic carbocycles. The fraction of sp³-hybridized carbons (Fsp3) is 0.0833. The number of furan rings is 1. The van der Waals surface area contributed by atoms with E-state index in [9.17, 15) is 4.79 Å². The molecular weight excluding hydrogens is 396 g/mol. The number of nitrogens with one attached hydrogen (secondary N) is 1. The van der Waals surface area contributed by atoms with Gasteiger partial charge in [-0.2, -0.15) is 0 Å². The van der Waals surface area contributed by atoms with E-state index in [4.69, 9.17) is 8.83 Å². The van der Waals surface area contributed by atoms with Crippen molar-refractivity contribution in [1.82, 2.24) is 10.3 Å². The number of oxazole rings is 1. The molecule has 148 valence electrons. The third kappa shape index (κ3) is 3.82. The fourth-order valence-electron chi connectivity index (χ4n) is 3.35. The normalized spacial score (nSPS) is 12.3. The number of nitrogens with zero attached hydrogens (tertiary/aromatic N) is 1. The van der Waals surface area contributed by atoms with Crippen molar-refractivity contribution in [2.24, 2.45) is 0 Å². The van der Waals surface area contributed by atoms with Gasteiger partial charge in [0, 0.05) is 5.39 Å². The standard InChI is InChI=1S/C24H18N2O3S/c27-22(15-30-24-25-18-11-5-7-13-20(18)29-24)26-23(16-8-2-1-3-9-16)21-14-17-10-4-6-12-19(17)28-21/h1-14,23H,15H2,(H,26,27)/t23-/m1/s1. The van der Waals surface area contributed by atoms with Crippen molar-refractivity contribution in [2.75, 3.05) is 5.75 Å². The van der Waals surface area contributed by atoms with E-state index >= 15 is 0 Å². The third-order valence-electron chi connectivity index (χ3n) is 4.77. The number of hydrogen-bond donors (Lipinski definition) is 1. The largest absolute Gasteiger partial charge is 0.459 e. The topological polar surface area (TPSA) is 68.3 Å². The second-order valence-corrected chi connectivity index (χ2v) is 7.76. The van der Waals surface area contributed by atoms with Crippen molar-refractivity contribution in [3.63, 3.8) is 0 Å². The molecule has 0 aliphatic carbocycles. The van der Waals surface area contributed by atoms with Gasteiger partial charge in [-0.25, -0.2) is 4.98 Å². The second-order valence-electron chi connectivity index (χ2n) is 6.83. The Morgan fingerprint density at radius 3 is 2.43 bits per heavy atom. The summed E-state index contributed by atoms with van der Waals surface area (Å²) in [4.78, 5) is 17.2. The van der Waals surface area contributed by atoms with Crippen LogP contribution in [0, 0.1) is 0 Å². The molecule has 2 aromatic heterocycles. The highest BCUT2D eigenvalue weighted by Crippen LogP contribution is 2.29. The zero-order valence-electron chi connectivity index (χ0n) is 15.9. The highest BCUT2D eigenvalue weighted by atomic mass is 32.2. The Hall–Kier alpha value is -3.51. The van der Waals surface area contributed by atoms with Gasteiger partial charge in [0.25, 0.3) is 5.22 Å². The van der Waals surface area contributed by atoms with Gasteiger partial charge < -0.3 is 14.2 Å².